The van der Waals surface area contributed by atoms with Crippen molar-refractivity contribution >= 4 is 0 Å². The van der Waals surface area contributed by atoms with Crippen molar-refractivity contribution in [3.63, 3.8) is 0 Å². The minimum atomic E-state index is 0.392. The fraction of sp³-hybridized carbons (Fsp3) is 1.00. The third kappa shape index (κ3) is 1.74. The van der Waals surface area contributed by atoms with E-state index >= 15 is 0 Å². The molecule has 0 aromatic heterocycles. The molecule has 0 amide bonds. The summed E-state index contributed by atoms with van der Waals surface area (Å²) in [7, 11) is 0. The van der Waals surface area contributed by atoms with E-state index in [1.54, 1.807) is 0 Å². The van der Waals surface area contributed by atoms with Crippen LogP contribution >= 0.6 is 0 Å². The van der Waals surface area contributed by atoms with Gasteiger partial charge in [-0.3, -0.25) is 0 Å². The second-order valence-corrected chi connectivity index (χ2v) is 3.92. The first-order valence-corrected chi connectivity index (χ1v) is 4.75. The van der Waals surface area contributed by atoms with Crippen molar-refractivity contribution in [1.29, 1.82) is 0 Å². The molecule has 2 rings (SSSR count). The van der Waals surface area contributed by atoms with Gasteiger partial charge in [-0.05, 0) is 38.1 Å². The van der Waals surface area contributed by atoms with Gasteiger partial charge in [0.2, 0.25) is 0 Å². The lowest BCUT2D eigenvalue weighted by molar-refractivity contribution is 0.115. The van der Waals surface area contributed by atoms with Crippen LogP contribution in [0.5, 0.6) is 0 Å². The minimum Gasteiger partial charge on any atom is -0.396 e. The van der Waals surface area contributed by atoms with Crippen LogP contribution in [-0.4, -0.2) is 35.7 Å². The molecule has 1 heterocycles. The molecule has 2 aliphatic rings. The van der Waals surface area contributed by atoms with Gasteiger partial charge in [-0.25, -0.2) is 0 Å². The van der Waals surface area contributed by atoms with Crippen LogP contribution in [0.1, 0.15) is 25.7 Å². The molecule has 11 heavy (non-hydrogen) atoms. The normalized spacial score (nSPS) is 34.1. The van der Waals surface area contributed by atoms with E-state index < -0.39 is 0 Å². The van der Waals surface area contributed by atoms with Gasteiger partial charge >= 0.3 is 0 Å². The van der Waals surface area contributed by atoms with E-state index in [2.05, 4.69) is 4.90 Å². The predicted molar refractivity (Wildman–Crippen MR) is 44.4 cm³/mol. The summed E-state index contributed by atoms with van der Waals surface area (Å²) in [5.41, 5.74) is 0. The standard InChI is InChI=1S/C9H17NO/c11-7-8-2-1-5-10(6-8)9-3-4-9/h8-9,11H,1-7H2. The van der Waals surface area contributed by atoms with Crippen molar-refractivity contribution in [2.24, 2.45) is 5.92 Å². The van der Waals surface area contributed by atoms with Gasteiger partial charge in [0.15, 0.2) is 0 Å². The molecular weight excluding hydrogens is 138 g/mol. The summed E-state index contributed by atoms with van der Waals surface area (Å²) in [5.74, 6) is 0.573. The quantitative estimate of drug-likeness (QED) is 0.639. The molecular formula is C9H17NO. The summed E-state index contributed by atoms with van der Waals surface area (Å²) in [6.07, 6.45) is 5.33. The van der Waals surface area contributed by atoms with Gasteiger partial charge < -0.3 is 10.0 Å². The van der Waals surface area contributed by atoms with Crippen LogP contribution in [0.15, 0.2) is 0 Å². The topological polar surface area (TPSA) is 23.5 Å². The van der Waals surface area contributed by atoms with E-state index in [1.165, 1.54) is 32.2 Å². The molecule has 2 heteroatoms. The molecule has 1 aliphatic heterocycles. The highest BCUT2D eigenvalue weighted by molar-refractivity contribution is 4.87. The van der Waals surface area contributed by atoms with Crippen molar-refractivity contribution < 1.29 is 5.11 Å². The summed E-state index contributed by atoms with van der Waals surface area (Å²) in [6, 6.07) is 0.893. The van der Waals surface area contributed by atoms with Gasteiger partial charge in [0.05, 0.1) is 0 Å². The number of hydrogen-bond acceptors (Lipinski definition) is 2. The van der Waals surface area contributed by atoms with Crippen LogP contribution in [-0.2, 0) is 0 Å². The zero-order valence-corrected chi connectivity index (χ0v) is 7.00. The maximum Gasteiger partial charge on any atom is 0.0471 e. The number of rotatable bonds is 2. The average Bonchev–Trinajstić information content (AvgIpc) is 2.87. The molecule has 64 valence electrons. The molecule has 0 spiro atoms. The van der Waals surface area contributed by atoms with Crippen molar-refractivity contribution in [2.75, 3.05) is 19.7 Å². The maximum absolute atomic E-state index is 8.98. The summed E-state index contributed by atoms with van der Waals surface area (Å²) in [4.78, 5) is 2.56. The summed E-state index contributed by atoms with van der Waals surface area (Å²) < 4.78 is 0. The molecule has 2 fully saturated rings. The number of aliphatic hydroxyl groups excluding tert-OH is 1. The predicted octanol–water partition coefficient (Wildman–Crippen LogP) is 0.853. The Kier molecular flexibility index (Phi) is 2.14. The lowest BCUT2D eigenvalue weighted by Gasteiger charge is -2.31. The molecule has 0 radical (unpaired) electrons. The molecule has 1 aliphatic carbocycles. The monoisotopic (exact) mass is 155 g/mol. The molecule has 0 aromatic carbocycles. The first-order chi connectivity index (χ1) is 5.40. The zero-order chi connectivity index (χ0) is 7.68. The Morgan fingerprint density at radius 3 is 2.73 bits per heavy atom. The molecule has 1 atom stereocenters. The van der Waals surface area contributed by atoms with Crippen molar-refractivity contribution in [3.05, 3.63) is 0 Å². The Morgan fingerprint density at radius 1 is 1.27 bits per heavy atom. The van der Waals surface area contributed by atoms with Gasteiger partial charge in [0, 0.05) is 19.2 Å². The Bertz CT molecular complexity index is 134. The van der Waals surface area contributed by atoms with E-state index in [0.717, 1.165) is 12.6 Å². The number of likely N-dealkylation sites (tertiary alicyclic amines) is 1. The van der Waals surface area contributed by atoms with E-state index in [0.29, 0.717) is 12.5 Å². The first-order valence-electron chi connectivity index (χ1n) is 4.75. The molecule has 2 nitrogen and oxygen atoms in total. The lowest BCUT2D eigenvalue weighted by atomic mass is 9.99. The second kappa shape index (κ2) is 3.11. The lowest BCUT2D eigenvalue weighted by Crippen LogP contribution is -2.38. The fourth-order valence-corrected chi connectivity index (χ4v) is 2.02. The first kappa shape index (κ1) is 7.56. The van der Waals surface area contributed by atoms with E-state index in [1.807, 2.05) is 0 Å². The summed E-state index contributed by atoms with van der Waals surface area (Å²) in [6.45, 7) is 2.82. The van der Waals surface area contributed by atoms with Gasteiger partial charge in [-0.1, -0.05) is 0 Å². The molecule has 1 N–H and O–H groups in total. The van der Waals surface area contributed by atoms with Gasteiger partial charge in [-0.2, -0.15) is 0 Å². The minimum absolute atomic E-state index is 0.392. The van der Waals surface area contributed by atoms with Gasteiger partial charge in [0.25, 0.3) is 0 Å². The zero-order valence-electron chi connectivity index (χ0n) is 7.00. The fourth-order valence-electron chi connectivity index (χ4n) is 2.02. The van der Waals surface area contributed by atoms with Crippen molar-refractivity contribution in [2.45, 2.75) is 31.7 Å². The van der Waals surface area contributed by atoms with E-state index in [-0.39, 0.29) is 0 Å². The maximum atomic E-state index is 8.98. The Balaban J connectivity index is 1.82. The largest absolute Gasteiger partial charge is 0.396 e. The summed E-state index contributed by atoms with van der Waals surface area (Å²) >= 11 is 0. The summed E-state index contributed by atoms with van der Waals surface area (Å²) in [5, 5.41) is 8.98. The Hall–Kier alpha value is -0.0800. The van der Waals surface area contributed by atoms with Crippen molar-refractivity contribution in [3.8, 4) is 0 Å². The van der Waals surface area contributed by atoms with Gasteiger partial charge in [0.1, 0.15) is 0 Å². The van der Waals surface area contributed by atoms with Crippen LogP contribution in [0.25, 0.3) is 0 Å². The highest BCUT2D eigenvalue weighted by Gasteiger charge is 2.31. The number of hydrogen-bond donors (Lipinski definition) is 1. The molecule has 1 saturated carbocycles. The van der Waals surface area contributed by atoms with Crippen LogP contribution in [0, 0.1) is 5.92 Å². The number of piperidine rings is 1. The molecule has 1 saturated heterocycles. The third-order valence-corrected chi connectivity index (χ3v) is 2.87. The second-order valence-electron chi connectivity index (χ2n) is 3.92. The third-order valence-electron chi connectivity index (χ3n) is 2.87. The molecule has 0 bridgehead atoms. The van der Waals surface area contributed by atoms with Crippen molar-refractivity contribution in [1.82, 2.24) is 4.90 Å². The Labute approximate surface area is 68.2 Å². The van der Waals surface area contributed by atoms with Crippen LogP contribution in [0.2, 0.25) is 0 Å². The Morgan fingerprint density at radius 2 is 2.09 bits per heavy atom. The number of aliphatic hydroxyl groups is 1. The smallest absolute Gasteiger partial charge is 0.0471 e. The van der Waals surface area contributed by atoms with E-state index in [4.69, 9.17) is 5.11 Å². The van der Waals surface area contributed by atoms with Crippen LogP contribution in [0.4, 0.5) is 0 Å². The average molecular weight is 155 g/mol. The van der Waals surface area contributed by atoms with Gasteiger partial charge in [-0.15, -0.1) is 0 Å². The van der Waals surface area contributed by atoms with Crippen LogP contribution < -0.4 is 0 Å². The highest BCUT2D eigenvalue weighted by Crippen LogP contribution is 2.30. The van der Waals surface area contributed by atoms with Crippen LogP contribution in [0.3, 0.4) is 0 Å². The SMILES string of the molecule is OCC1CCCN(C2CC2)C1. The molecule has 0 aromatic rings. The number of nitrogens with zero attached hydrogens (tertiary/aromatic N) is 1. The highest BCUT2D eigenvalue weighted by atomic mass is 16.3. The molecule has 1 unspecified atom stereocenters. The van der Waals surface area contributed by atoms with E-state index in [9.17, 15) is 0 Å².